The molecule has 7 nitrogen and oxygen atoms in total. The molecule has 0 unspecified atom stereocenters. The predicted molar refractivity (Wildman–Crippen MR) is 106 cm³/mol. The first-order chi connectivity index (χ1) is 13.2. The van der Waals surface area contributed by atoms with Gasteiger partial charge in [-0.15, -0.1) is 0 Å². The Morgan fingerprint density at radius 3 is 2.21 bits per heavy atom. The van der Waals surface area contributed by atoms with Crippen molar-refractivity contribution < 1.29 is 22.7 Å². The molecule has 0 radical (unpaired) electrons. The van der Waals surface area contributed by atoms with E-state index < -0.39 is 34.5 Å². The van der Waals surface area contributed by atoms with Crippen molar-refractivity contribution in [2.45, 2.75) is 31.7 Å². The molecule has 0 aromatic heterocycles. The summed E-state index contributed by atoms with van der Waals surface area (Å²) in [7, 11) is -3.89. The molecule has 0 aliphatic heterocycles. The summed E-state index contributed by atoms with van der Waals surface area (Å²) in [5, 5.41) is 2.65. The minimum atomic E-state index is -3.89. The van der Waals surface area contributed by atoms with Crippen LogP contribution in [0.1, 0.15) is 19.4 Å². The predicted octanol–water partition coefficient (Wildman–Crippen LogP) is 2.48. The molecule has 0 fully saturated rings. The van der Waals surface area contributed by atoms with E-state index in [1.807, 2.05) is 19.1 Å². The van der Waals surface area contributed by atoms with Gasteiger partial charge in [-0.3, -0.25) is 9.59 Å². The lowest BCUT2D eigenvalue weighted by molar-refractivity contribution is -0.150. The monoisotopic (exact) mass is 404 g/mol. The third-order valence-corrected chi connectivity index (χ3v) is 5.48. The highest BCUT2D eigenvalue weighted by Gasteiger charge is 2.30. The van der Waals surface area contributed by atoms with Gasteiger partial charge in [0.2, 0.25) is 10.0 Å². The number of hydrogen-bond donors (Lipinski definition) is 2. The van der Waals surface area contributed by atoms with E-state index in [1.165, 1.54) is 12.1 Å². The van der Waals surface area contributed by atoms with Crippen LogP contribution in [-0.4, -0.2) is 32.9 Å². The van der Waals surface area contributed by atoms with Crippen LogP contribution in [0.5, 0.6) is 0 Å². The number of aryl methyl sites for hydroxylation is 1. The van der Waals surface area contributed by atoms with Gasteiger partial charge in [-0.25, -0.2) is 8.42 Å². The molecule has 2 rings (SSSR count). The van der Waals surface area contributed by atoms with Crippen LogP contribution < -0.4 is 10.0 Å². The van der Waals surface area contributed by atoms with Crippen LogP contribution in [0.25, 0.3) is 0 Å². The number of hydrogen-bond acceptors (Lipinski definition) is 5. The molecule has 0 spiro atoms. The van der Waals surface area contributed by atoms with Gasteiger partial charge in [0, 0.05) is 5.69 Å². The first kappa shape index (κ1) is 21.6. The number of carbonyl (C=O) groups excluding carboxylic acids is 2. The minimum absolute atomic E-state index is 0.0470. The molecule has 0 bridgehead atoms. The number of carbonyl (C=O) groups is 2. The topological polar surface area (TPSA) is 102 Å². The zero-order valence-corrected chi connectivity index (χ0v) is 16.8. The van der Waals surface area contributed by atoms with Gasteiger partial charge in [-0.2, -0.15) is 4.72 Å². The first-order valence-electron chi connectivity index (χ1n) is 8.80. The number of anilines is 1. The Morgan fingerprint density at radius 2 is 1.61 bits per heavy atom. The number of sulfonamides is 1. The molecular formula is C20H24N2O5S. The van der Waals surface area contributed by atoms with E-state index in [9.17, 15) is 18.0 Å². The van der Waals surface area contributed by atoms with Crippen molar-refractivity contribution in [1.29, 1.82) is 0 Å². The normalized spacial score (nSPS) is 12.4. The van der Waals surface area contributed by atoms with Gasteiger partial charge in [0.1, 0.15) is 6.04 Å². The second kappa shape index (κ2) is 9.48. The van der Waals surface area contributed by atoms with Crippen LogP contribution in [0.3, 0.4) is 0 Å². The van der Waals surface area contributed by atoms with Crippen LogP contribution in [0.15, 0.2) is 59.5 Å². The summed E-state index contributed by atoms with van der Waals surface area (Å²) in [4.78, 5) is 24.5. The smallest absolute Gasteiger partial charge is 0.324 e. The second-order valence-electron chi connectivity index (χ2n) is 6.63. The summed E-state index contributed by atoms with van der Waals surface area (Å²) < 4.78 is 32.3. The second-order valence-corrected chi connectivity index (χ2v) is 8.34. The molecule has 1 atom stereocenters. The van der Waals surface area contributed by atoms with Crippen molar-refractivity contribution in [3.05, 3.63) is 60.2 Å². The number of nitrogens with one attached hydrogen (secondary N) is 2. The van der Waals surface area contributed by atoms with E-state index in [2.05, 4.69) is 10.0 Å². The van der Waals surface area contributed by atoms with E-state index in [-0.39, 0.29) is 10.8 Å². The molecule has 0 aliphatic carbocycles. The molecule has 28 heavy (non-hydrogen) atoms. The molecule has 0 aliphatic rings. The van der Waals surface area contributed by atoms with Gasteiger partial charge >= 0.3 is 5.97 Å². The largest absolute Gasteiger partial charge is 0.454 e. The average Bonchev–Trinajstić information content (AvgIpc) is 2.66. The SMILES string of the molecule is Cc1ccccc1NC(=O)COC(=O)[C@H](NS(=O)(=O)c1ccccc1)C(C)C. The van der Waals surface area contributed by atoms with E-state index in [0.717, 1.165) is 5.56 Å². The highest BCUT2D eigenvalue weighted by atomic mass is 32.2. The Bertz CT molecular complexity index is 927. The van der Waals surface area contributed by atoms with Gasteiger partial charge in [0.15, 0.2) is 6.61 Å². The van der Waals surface area contributed by atoms with Gasteiger partial charge in [0.25, 0.3) is 5.91 Å². The molecule has 0 heterocycles. The van der Waals surface area contributed by atoms with E-state index in [0.29, 0.717) is 5.69 Å². The Kier molecular flexibility index (Phi) is 7.31. The van der Waals surface area contributed by atoms with Gasteiger partial charge < -0.3 is 10.1 Å². The lowest BCUT2D eigenvalue weighted by Gasteiger charge is -2.20. The maximum absolute atomic E-state index is 12.5. The standard InChI is InChI=1S/C20H24N2O5S/c1-14(2)19(22-28(25,26)16-10-5-4-6-11-16)20(24)27-13-18(23)21-17-12-8-7-9-15(17)3/h4-12,14,19,22H,13H2,1-3H3,(H,21,23)/t19-/m1/s1. The summed E-state index contributed by atoms with van der Waals surface area (Å²) in [6.07, 6.45) is 0. The Balaban J connectivity index is 1.99. The zero-order chi connectivity index (χ0) is 20.7. The Labute approximate surface area is 165 Å². The Morgan fingerprint density at radius 1 is 1.00 bits per heavy atom. The summed E-state index contributed by atoms with van der Waals surface area (Å²) in [5.41, 5.74) is 1.49. The Hall–Kier alpha value is -2.71. The van der Waals surface area contributed by atoms with Crippen molar-refractivity contribution in [3.8, 4) is 0 Å². The number of para-hydroxylation sites is 1. The van der Waals surface area contributed by atoms with E-state index in [1.54, 1.807) is 44.2 Å². The molecule has 2 aromatic carbocycles. The molecule has 0 saturated heterocycles. The van der Waals surface area contributed by atoms with Crippen LogP contribution in [-0.2, 0) is 24.3 Å². The van der Waals surface area contributed by atoms with Crippen LogP contribution in [0, 0.1) is 12.8 Å². The van der Waals surface area contributed by atoms with Gasteiger partial charge in [-0.1, -0.05) is 50.2 Å². The van der Waals surface area contributed by atoms with Crippen LogP contribution in [0.4, 0.5) is 5.69 Å². The number of rotatable bonds is 8. The first-order valence-corrected chi connectivity index (χ1v) is 10.3. The van der Waals surface area contributed by atoms with Crippen molar-refractivity contribution in [2.24, 2.45) is 5.92 Å². The van der Waals surface area contributed by atoms with Gasteiger partial charge in [0.05, 0.1) is 4.90 Å². The van der Waals surface area contributed by atoms with Crippen molar-refractivity contribution in [3.63, 3.8) is 0 Å². The molecule has 8 heteroatoms. The fourth-order valence-corrected chi connectivity index (χ4v) is 3.77. The highest BCUT2D eigenvalue weighted by Crippen LogP contribution is 2.14. The van der Waals surface area contributed by atoms with Crippen LogP contribution in [0.2, 0.25) is 0 Å². The van der Waals surface area contributed by atoms with E-state index >= 15 is 0 Å². The number of esters is 1. The molecule has 2 aromatic rings. The molecule has 2 N–H and O–H groups in total. The molecular weight excluding hydrogens is 380 g/mol. The number of benzene rings is 2. The lowest BCUT2D eigenvalue weighted by atomic mass is 10.1. The van der Waals surface area contributed by atoms with Crippen LogP contribution >= 0.6 is 0 Å². The fraction of sp³-hybridized carbons (Fsp3) is 0.300. The third kappa shape index (κ3) is 5.90. The number of amides is 1. The van der Waals surface area contributed by atoms with Crippen molar-refractivity contribution in [1.82, 2.24) is 4.72 Å². The third-order valence-electron chi connectivity index (χ3n) is 4.02. The number of ether oxygens (including phenoxy) is 1. The summed E-state index contributed by atoms with van der Waals surface area (Å²) in [6.45, 7) is 4.71. The van der Waals surface area contributed by atoms with E-state index in [4.69, 9.17) is 4.74 Å². The molecule has 150 valence electrons. The van der Waals surface area contributed by atoms with Gasteiger partial charge in [-0.05, 0) is 36.6 Å². The molecule has 0 saturated carbocycles. The summed E-state index contributed by atoms with van der Waals surface area (Å²) >= 11 is 0. The van der Waals surface area contributed by atoms with Crippen molar-refractivity contribution >= 4 is 27.6 Å². The fourth-order valence-electron chi connectivity index (χ4n) is 2.42. The highest BCUT2D eigenvalue weighted by molar-refractivity contribution is 7.89. The summed E-state index contributed by atoms with van der Waals surface area (Å²) in [6, 6.07) is 13.8. The van der Waals surface area contributed by atoms with Crippen molar-refractivity contribution in [2.75, 3.05) is 11.9 Å². The lowest BCUT2D eigenvalue weighted by Crippen LogP contribution is -2.45. The maximum atomic E-state index is 12.5. The maximum Gasteiger partial charge on any atom is 0.324 e. The minimum Gasteiger partial charge on any atom is -0.454 e. The quantitative estimate of drug-likeness (QED) is 0.658. The summed E-state index contributed by atoms with van der Waals surface area (Å²) in [5.74, 6) is -1.68. The molecule has 1 amide bonds. The average molecular weight is 404 g/mol. The zero-order valence-electron chi connectivity index (χ0n) is 16.0.